The van der Waals surface area contributed by atoms with Crippen molar-refractivity contribution in [2.24, 2.45) is 11.8 Å². The third kappa shape index (κ3) is 7.44. The first-order valence-electron chi connectivity index (χ1n) is 10.7. The second kappa shape index (κ2) is 12.4. The summed E-state index contributed by atoms with van der Waals surface area (Å²) in [5, 5.41) is 8.78. The van der Waals surface area contributed by atoms with Crippen LogP contribution in [0, 0.1) is 11.8 Å². The highest BCUT2D eigenvalue weighted by atomic mass is 16.6. The van der Waals surface area contributed by atoms with E-state index in [1.54, 1.807) is 0 Å². The minimum atomic E-state index is -0.984. The number of hydrogen-bond acceptors (Lipinski definition) is 4. The van der Waals surface area contributed by atoms with E-state index in [1.165, 1.54) is 0 Å². The van der Waals surface area contributed by atoms with Crippen LogP contribution in [0.3, 0.4) is 0 Å². The van der Waals surface area contributed by atoms with Crippen LogP contribution in [0.25, 0.3) is 0 Å². The zero-order valence-electron chi connectivity index (χ0n) is 18.6. The van der Waals surface area contributed by atoms with Crippen LogP contribution in [-0.2, 0) is 19.1 Å². The molecule has 0 bridgehead atoms. The van der Waals surface area contributed by atoms with E-state index in [9.17, 15) is 9.59 Å². The van der Waals surface area contributed by atoms with E-state index in [2.05, 4.69) is 34.6 Å². The number of carbonyl (C=O) groups is 2. The molecule has 0 saturated heterocycles. The summed E-state index contributed by atoms with van der Waals surface area (Å²) in [4.78, 5) is 22.9. The van der Waals surface area contributed by atoms with E-state index in [1.807, 2.05) is 13.8 Å². The lowest BCUT2D eigenvalue weighted by Crippen LogP contribution is -2.46. The van der Waals surface area contributed by atoms with Gasteiger partial charge in [-0.25, -0.2) is 0 Å². The van der Waals surface area contributed by atoms with Crippen LogP contribution in [0.4, 0.5) is 0 Å². The van der Waals surface area contributed by atoms with Crippen molar-refractivity contribution < 1.29 is 24.2 Å². The summed E-state index contributed by atoms with van der Waals surface area (Å²) in [7, 11) is 0. The van der Waals surface area contributed by atoms with E-state index >= 15 is 0 Å². The lowest BCUT2D eigenvalue weighted by atomic mass is 9.80. The molecule has 0 fully saturated rings. The Bertz CT molecular complexity index is 438. The largest absolute Gasteiger partial charge is 0.481 e. The van der Waals surface area contributed by atoms with Gasteiger partial charge in [0.2, 0.25) is 0 Å². The van der Waals surface area contributed by atoms with Gasteiger partial charge in [-0.05, 0) is 38.0 Å². The number of hydrogen-bond donors (Lipinski definition) is 1. The highest BCUT2D eigenvalue weighted by Crippen LogP contribution is 2.36. The first kappa shape index (κ1) is 25.9. The van der Waals surface area contributed by atoms with Crippen molar-refractivity contribution in [2.75, 3.05) is 6.61 Å². The fraction of sp³-hybridized carbons (Fsp3) is 0.909. The maximum Gasteiger partial charge on any atom is 0.306 e. The quantitative estimate of drug-likeness (QED) is 0.371. The first-order chi connectivity index (χ1) is 12.7. The zero-order chi connectivity index (χ0) is 21.1. The SMILES string of the molecule is CCCC(C)C(CC)(CC)OCC(C)C(CC)(CC)OC(=O)CCC(=O)O. The van der Waals surface area contributed by atoms with Crippen molar-refractivity contribution in [3.05, 3.63) is 0 Å². The fourth-order valence-electron chi connectivity index (χ4n) is 4.11. The van der Waals surface area contributed by atoms with Gasteiger partial charge in [0.25, 0.3) is 0 Å². The minimum absolute atomic E-state index is 0.0348. The summed E-state index contributed by atoms with van der Waals surface area (Å²) in [6, 6.07) is 0. The molecule has 0 aliphatic carbocycles. The zero-order valence-corrected chi connectivity index (χ0v) is 18.6. The molecule has 0 aromatic carbocycles. The van der Waals surface area contributed by atoms with E-state index in [-0.39, 0.29) is 24.4 Å². The van der Waals surface area contributed by atoms with Crippen LogP contribution < -0.4 is 0 Å². The second-order valence-corrected chi connectivity index (χ2v) is 7.81. The average molecular weight is 387 g/mol. The van der Waals surface area contributed by atoms with Crippen molar-refractivity contribution in [3.63, 3.8) is 0 Å². The standard InChI is InChI=1S/C22H42O5/c1-8-13-17(6)21(9-2,10-3)26-16-18(7)22(11-4,12-5)27-20(25)15-14-19(23)24/h17-18H,8-16H2,1-7H3,(H,23,24). The Hall–Kier alpha value is -1.10. The first-order valence-corrected chi connectivity index (χ1v) is 10.7. The molecule has 0 aliphatic rings. The minimum Gasteiger partial charge on any atom is -0.481 e. The van der Waals surface area contributed by atoms with Gasteiger partial charge in [0.15, 0.2) is 0 Å². The van der Waals surface area contributed by atoms with Crippen molar-refractivity contribution in [1.29, 1.82) is 0 Å². The van der Waals surface area contributed by atoms with E-state index in [0.717, 1.165) is 25.7 Å². The summed E-state index contributed by atoms with van der Waals surface area (Å²) in [6.45, 7) is 15.4. The number of carboxylic acid groups (broad SMARTS) is 1. The molecule has 2 unspecified atom stereocenters. The summed E-state index contributed by atoms with van der Waals surface area (Å²) < 4.78 is 12.3. The third-order valence-corrected chi connectivity index (χ3v) is 6.39. The van der Waals surface area contributed by atoms with Gasteiger partial charge in [-0.1, -0.05) is 54.9 Å². The Balaban J connectivity index is 5.16. The number of rotatable bonds is 15. The van der Waals surface area contributed by atoms with Crippen LogP contribution in [0.1, 0.15) is 99.8 Å². The lowest BCUT2D eigenvalue weighted by molar-refractivity contribution is -0.178. The summed E-state index contributed by atoms with van der Waals surface area (Å²) >= 11 is 0. The molecule has 0 aliphatic heterocycles. The van der Waals surface area contributed by atoms with Crippen molar-refractivity contribution in [1.82, 2.24) is 0 Å². The molecule has 0 heterocycles. The molecular formula is C22H42O5. The van der Waals surface area contributed by atoms with Gasteiger partial charge >= 0.3 is 11.9 Å². The fourth-order valence-corrected chi connectivity index (χ4v) is 4.11. The van der Waals surface area contributed by atoms with Gasteiger partial charge in [0, 0.05) is 5.92 Å². The maximum atomic E-state index is 12.2. The van der Waals surface area contributed by atoms with Gasteiger partial charge in [-0.2, -0.15) is 0 Å². The monoisotopic (exact) mass is 386 g/mol. The number of aliphatic carboxylic acids is 1. The Morgan fingerprint density at radius 1 is 0.852 bits per heavy atom. The molecule has 0 amide bonds. The molecule has 0 aromatic heterocycles. The Morgan fingerprint density at radius 3 is 1.78 bits per heavy atom. The molecular weight excluding hydrogens is 344 g/mol. The van der Waals surface area contributed by atoms with Gasteiger partial charge in [0.1, 0.15) is 5.60 Å². The molecule has 0 rings (SSSR count). The molecule has 0 saturated carbocycles. The smallest absolute Gasteiger partial charge is 0.306 e. The highest BCUT2D eigenvalue weighted by molar-refractivity contribution is 5.76. The normalized spacial score (nSPS) is 14.6. The van der Waals surface area contributed by atoms with Crippen LogP contribution in [0.15, 0.2) is 0 Å². The molecule has 5 heteroatoms. The number of carboxylic acids is 1. The molecule has 0 spiro atoms. The topological polar surface area (TPSA) is 72.8 Å². The van der Waals surface area contributed by atoms with Crippen LogP contribution in [0.5, 0.6) is 0 Å². The van der Waals surface area contributed by atoms with Crippen LogP contribution in [0.2, 0.25) is 0 Å². The number of carbonyl (C=O) groups excluding carboxylic acids is 1. The lowest BCUT2D eigenvalue weighted by Gasteiger charge is -2.42. The summed E-state index contributed by atoms with van der Waals surface area (Å²) in [5.41, 5.74) is -0.762. The van der Waals surface area contributed by atoms with E-state index in [4.69, 9.17) is 14.6 Å². The van der Waals surface area contributed by atoms with Gasteiger partial charge < -0.3 is 14.6 Å². The van der Waals surface area contributed by atoms with Crippen molar-refractivity contribution in [3.8, 4) is 0 Å². The van der Waals surface area contributed by atoms with Crippen LogP contribution in [-0.4, -0.2) is 34.9 Å². The van der Waals surface area contributed by atoms with E-state index in [0.29, 0.717) is 25.4 Å². The third-order valence-electron chi connectivity index (χ3n) is 6.39. The number of ether oxygens (including phenoxy) is 2. The molecule has 2 atom stereocenters. The number of esters is 1. The molecule has 1 N–H and O–H groups in total. The molecule has 0 aromatic rings. The molecule has 160 valence electrons. The second-order valence-electron chi connectivity index (χ2n) is 7.81. The maximum absolute atomic E-state index is 12.2. The van der Waals surface area contributed by atoms with Crippen LogP contribution >= 0.6 is 0 Å². The summed E-state index contributed by atoms with van der Waals surface area (Å²) in [5.74, 6) is -0.917. The van der Waals surface area contributed by atoms with E-state index < -0.39 is 17.5 Å². The Labute approximate surface area is 166 Å². The molecule has 0 radical (unpaired) electrons. The Morgan fingerprint density at radius 2 is 1.37 bits per heavy atom. The summed E-state index contributed by atoms with van der Waals surface area (Å²) in [6.07, 6.45) is 5.26. The van der Waals surface area contributed by atoms with Gasteiger partial charge in [0.05, 0.1) is 25.0 Å². The van der Waals surface area contributed by atoms with Gasteiger partial charge in [-0.3, -0.25) is 9.59 Å². The molecule has 5 nitrogen and oxygen atoms in total. The molecule has 27 heavy (non-hydrogen) atoms. The predicted octanol–water partition coefficient (Wildman–Crippen LogP) is 5.60. The van der Waals surface area contributed by atoms with Crippen molar-refractivity contribution >= 4 is 11.9 Å². The predicted molar refractivity (Wildman–Crippen MR) is 109 cm³/mol. The Kier molecular flexibility index (Phi) is 11.9. The van der Waals surface area contributed by atoms with Gasteiger partial charge in [-0.15, -0.1) is 0 Å². The van der Waals surface area contributed by atoms with Crippen molar-refractivity contribution in [2.45, 2.75) is 111 Å². The average Bonchev–Trinajstić information content (AvgIpc) is 2.65. The highest BCUT2D eigenvalue weighted by Gasteiger charge is 2.40.